The quantitative estimate of drug-likeness (QED) is 0.862. The number of benzene rings is 1. The molecule has 1 aliphatic heterocycles. The van der Waals surface area contributed by atoms with Crippen LogP contribution in [0.25, 0.3) is 0 Å². The molecule has 1 N–H and O–H groups in total. The van der Waals surface area contributed by atoms with Gasteiger partial charge in [-0.15, -0.1) is 0 Å². The Morgan fingerprint density at radius 1 is 1.19 bits per heavy atom. The largest absolute Gasteiger partial charge is 0.490 e. The molecule has 0 atom stereocenters. The maximum atomic E-state index is 12.1. The van der Waals surface area contributed by atoms with Crippen LogP contribution < -0.4 is 14.8 Å². The van der Waals surface area contributed by atoms with Crippen molar-refractivity contribution in [2.45, 2.75) is 6.42 Å². The van der Waals surface area contributed by atoms with Crippen molar-refractivity contribution in [3.63, 3.8) is 0 Å². The van der Waals surface area contributed by atoms with E-state index in [9.17, 15) is 4.79 Å². The number of nitrogens with one attached hydrogen (secondary N) is 1. The first-order valence-electron chi connectivity index (χ1n) is 6.29. The molecule has 0 radical (unpaired) electrons. The summed E-state index contributed by atoms with van der Waals surface area (Å²) in [4.78, 5) is 12.1. The Morgan fingerprint density at radius 2 is 1.90 bits per heavy atom. The number of anilines is 1. The molecular weight excluding hydrogens is 362 g/mol. The van der Waals surface area contributed by atoms with Gasteiger partial charge in [-0.3, -0.25) is 4.79 Å². The average molecular weight is 373 g/mol. The normalized spacial score (nSPS) is 13.6. The van der Waals surface area contributed by atoms with Gasteiger partial charge in [-0.05, 0) is 28.1 Å². The molecule has 0 fully saturated rings. The lowest BCUT2D eigenvalue weighted by Gasteiger charge is -2.11. The molecular formula is C14H11BrClNO4. The van der Waals surface area contributed by atoms with E-state index in [0.29, 0.717) is 40.1 Å². The van der Waals surface area contributed by atoms with Gasteiger partial charge in [-0.2, -0.15) is 0 Å². The third kappa shape index (κ3) is 3.16. The number of fused-ring (bicyclic) bond motifs is 1. The van der Waals surface area contributed by atoms with Crippen molar-refractivity contribution in [2.75, 3.05) is 18.5 Å². The maximum Gasteiger partial charge on any atom is 0.291 e. The first kappa shape index (κ1) is 14.3. The molecule has 0 spiro atoms. The first-order chi connectivity index (χ1) is 10.1. The molecule has 0 aliphatic carbocycles. The molecule has 0 saturated carbocycles. The van der Waals surface area contributed by atoms with Gasteiger partial charge in [0.1, 0.15) is 0 Å². The molecule has 0 bridgehead atoms. The highest BCUT2D eigenvalue weighted by molar-refractivity contribution is 9.10. The topological polar surface area (TPSA) is 60.7 Å². The van der Waals surface area contributed by atoms with Crippen LogP contribution in [0.3, 0.4) is 0 Å². The lowest BCUT2D eigenvalue weighted by Crippen LogP contribution is -2.11. The summed E-state index contributed by atoms with van der Waals surface area (Å²) < 4.78 is 16.8. The lowest BCUT2D eigenvalue weighted by atomic mass is 10.2. The lowest BCUT2D eigenvalue weighted by molar-refractivity contribution is 0.0995. The predicted octanol–water partition coefficient (Wildman–Crippen LogP) is 4.11. The summed E-state index contributed by atoms with van der Waals surface area (Å²) in [5.41, 5.74) is 0.443. The Hall–Kier alpha value is -1.66. The number of carbonyl (C=O) groups excluding carboxylic acids is 1. The summed E-state index contributed by atoms with van der Waals surface area (Å²) in [6.07, 6.45) is 0.800. The van der Waals surface area contributed by atoms with Crippen LogP contribution in [0.2, 0.25) is 5.02 Å². The van der Waals surface area contributed by atoms with Gasteiger partial charge in [0.2, 0.25) is 0 Å². The van der Waals surface area contributed by atoms with E-state index < -0.39 is 5.91 Å². The summed E-state index contributed by atoms with van der Waals surface area (Å²) in [5, 5.41) is 3.06. The zero-order valence-corrected chi connectivity index (χ0v) is 13.2. The van der Waals surface area contributed by atoms with Gasteiger partial charge in [0.25, 0.3) is 5.91 Å². The number of halogens is 2. The number of amides is 1. The Bertz CT molecular complexity index is 686. The monoisotopic (exact) mass is 371 g/mol. The van der Waals surface area contributed by atoms with Gasteiger partial charge in [-0.25, -0.2) is 0 Å². The third-order valence-corrected chi connectivity index (χ3v) is 3.62. The second-order valence-electron chi connectivity index (χ2n) is 4.39. The van der Waals surface area contributed by atoms with E-state index in [1.807, 2.05) is 0 Å². The van der Waals surface area contributed by atoms with Gasteiger partial charge in [0, 0.05) is 18.6 Å². The standard InChI is InChI=1S/C14H11BrClNO4/c15-13-3-2-10(21-13)14(18)17-9-7-12-11(6-8(9)16)19-4-1-5-20-12/h2-3,6-7H,1,4-5H2,(H,17,18). The van der Waals surface area contributed by atoms with Crippen LogP contribution >= 0.6 is 27.5 Å². The van der Waals surface area contributed by atoms with Crippen LogP contribution in [0.1, 0.15) is 17.0 Å². The fourth-order valence-electron chi connectivity index (χ4n) is 1.90. The number of hydrogen-bond donors (Lipinski definition) is 1. The van der Waals surface area contributed by atoms with Crippen molar-refractivity contribution >= 4 is 39.1 Å². The first-order valence-corrected chi connectivity index (χ1v) is 7.46. The molecule has 0 saturated heterocycles. The minimum Gasteiger partial charge on any atom is -0.490 e. The van der Waals surface area contributed by atoms with Gasteiger partial charge in [0.05, 0.1) is 23.9 Å². The molecule has 1 amide bonds. The molecule has 0 unspecified atom stereocenters. The second kappa shape index (κ2) is 5.99. The molecule has 2 aromatic rings. The van der Waals surface area contributed by atoms with Crippen LogP contribution in [0.5, 0.6) is 11.5 Å². The highest BCUT2D eigenvalue weighted by Gasteiger charge is 2.17. The average Bonchev–Trinajstić information content (AvgIpc) is 2.76. The molecule has 1 aliphatic rings. The van der Waals surface area contributed by atoms with Crippen LogP contribution in [-0.2, 0) is 0 Å². The molecule has 1 aromatic heterocycles. The summed E-state index contributed by atoms with van der Waals surface area (Å²) in [7, 11) is 0. The minimum atomic E-state index is -0.392. The van der Waals surface area contributed by atoms with E-state index in [1.165, 1.54) is 0 Å². The molecule has 1 aromatic carbocycles. The zero-order valence-electron chi connectivity index (χ0n) is 10.8. The summed E-state index contributed by atoms with van der Waals surface area (Å²) in [5.74, 6) is 0.936. The Labute approximate surface area is 134 Å². The van der Waals surface area contributed by atoms with E-state index >= 15 is 0 Å². The number of ether oxygens (including phenoxy) is 2. The van der Waals surface area contributed by atoms with Crippen molar-refractivity contribution in [1.82, 2.24) is 0 Å². The van der Waals surface area contributed by atoms with Crippen LogP contribution in [0.15, 0.2) is 33.4 Å². The molecule has 21 heavy (non-hydrogen) atoms. The highest BCUT2D eigenvalue weighted by atomic mass is 79.9. The van der Waals surface area contributed by atoms with Gasteiger partial charge in [-0.1, -0.05) is 11.6 Å². The van der Waals surface area contributed by atoms with Gasteiger partial charge < -0.3 is 19.2 Å². The predicted molar refractivity (Wildman–Crippen MR) is 81.4 cm³/mol. The van der Waals surface area contributed by atoms with E-state index in [1.54, 1.807) is 24.3 Å². The zero-order chi connectivity index (χ0) is 14.8. The second-order valence-corrected chi connectivity index (χ2v) is 5.58. The number of furan rings is 1. The van der Waals surface area contributed by atoms with Crippen LogP contribution in [-0.4, -0.2) is 19.1 Å². The fourth-order valence-corrected chi connectivity index (χ4v) is 2.41. The Balaban J connectivity index is 1.85. The van der Waals surface area contributed by atoms with Crippen molar-refractivity contribution < 1.29 is 18.7 Å². The van der Waals surface area contributed by atoms with E-state index in [-0.39, 0.29) is 5.76 Å². The minimum absolute atomic E-state index is 0.185. The van der Waals surface area contributed by atoms with Crippen LogP contribution in [0.4, 0.5) is 5.69 Å². The smallest absolute Gasteiger partial charge is 0.291 e. The summed E-state index contributed by atoms with van der Waals surface area (Å²) in [6.45, 7) is 1.14. The van der Waals surface area contributed by atoms with E-state index in [4.69, 9.17) is 25.5 Å². The highest BCUT2D eigenvalue weighted by Crippen LogP contribution is 2.37. The number of carbonyl (C=O) groups is 1. The molecule has 5 nitrogen and oxygen atoms in total. The van der Waals surface area contributed by atoms with Crippen molar-refractivity contribution in [1.29, 1.82) is 0 Å². The van der Waals surface area contributed by atoms with E-state index in [0.717, 1.165) is 6.42 Å². The van der Waals surface area contributed by atoms with Gasteiger partial charge in [0.15, 0.2) is 21.9 Å². The molecule has 2 heterocycles. The van der Waals surface area contributed by atoms with Crippen molar-refractivity contribution in [3.8, 4) is 11.5 Å². The molecule has 7 heteroatoms. The van der Waals surface area contributed by atoms with Crippen LogP contribution in [0, 0.1) is 0 Å². The summed E-state index contributed by atoms with van der Waals surface area (Å²) >= 11 is 9.31. The third-order valence-electron chi connectivity index (χ3n) is 2.88. The van der Waals surface area contributed by atoms with Crippen molar-refractivity contribution in [3.05, 3.63) is 39.7 Å². The van der Waals surface area contributed by atoms with Gasteiger partial charge >= 0.3 is 0 Å². The molecule has 3 rings (SSSR count). The SMILES string of the molecule is O=C(Nc1cc2c(cc1Cl)OCCCO2)c1ccc(Br)o1. The Morgan fingerprint density at radius 3 is 2.57 bits per heavy atom. The van der Waals surface area contributed by atoms with Crippen molar-refractivity contribution in [2.24, 2.45) is 0 Å². The fraction of sp³-hybridized carbons (Fsp3) is 0.214. The Kier molecular flexibility index (Phi) is 4.07. The summed E-state index contributed by atoms with van der Waals surface area (Å²) in [6, 6.07) is 6.50. The van der Waals surface area contributed by atoms with E-state index in [2.05, 4.69) is 21.2 Å². The molecule has 110 valence electrons. The number of rotatable bonds is 2. The maximum absolute atomic E-state index is 12.1. The number of hydrogen-bond acceptors (Lipinski definition) is 4.